The molecule has 0 aliphatic rings. The number of ether oxygens (including phenoxy) is 1. The molecule has 2 aromatic carbocycles. The van der Waals surface area contributed by atoms with E-state index in [1.54, 1.807) is 12.1 Å². The van der Waals surface area contributed by atoms with Crippen LogP contribution in [0.4, 0.5) is 10.1 Å². The predicted molar refractivity (Wildman–Crippen MR) is 86.0 cm³/mol. The molecular formula is C18H18FNO2. The zero-order valence-corrected chi connectivity index (χ0v) is 12.8. The average Bonchev–Trinajstić information content (AvgIpc) is 2.50. The second kappa shape index (κ2) is 6.89. The number of aryl methyl sites for hydroxylation is 2. The van der Waals surface area contributed by atoms with Crippen molar-refractivity contribution in [3.8, 4) is 5.75 Å². The first-order valence-corrected chi connectivity index (χ1v) is 6.89. The summed E-state index contributed by atoms with van der Waals surface area (Å²) in [5.41, 5.74) is 3.39. The lowest BCUT2D eigenvalue weighted by Crippen LogP contribution is -1.98. The smallest absolute Gasteiger partial charge is 0.187 e. The minimum atomic E-state index is -0.457. The number of benzene rings is 2. The number of carbonyl (C=O) groups is 1. The minimum Gasteiger partial charge on any atom is -0.494 e. The van der Waals surface area contributed by atoms with Crippen molar-refractivity contribution in [2.45, 2.75) is 13.8 Å². The second-order valence-electron chi connectivity index (χ2n) is 4.99. The Kier molecular flexibility index (Phi) is 4.94. The summed E-state index contributed by atoms with van der Waals surface area (Å²) in [6.07, 6.45) is 2.92. The summed E-state index contributed by atoms with van der Waals surface area (Å²) in [5, 5.41) is 2.87. The fourth-order valence-electron chi connectivity index (χ4n) is 1.96. The normalized spacial score (nSPS) is 10.7. The Hall–Kier alpha value is -2.62. The molecule has 4 heteroatoms. The van der Waals surface area contributed by atoms with E-state index in [-0.39, 0.29) is 11.5 Å². The van der Waals surface area contributed by atoms with Gasteiger partial charge in [0.25, 0.3) is 0 Å². The first-order chi connectivity index (χ1) is 10.5. The molecule has 0 heterocycles. The molecule has 0 aliphatic heterocycles. The Morgan fingerprint density at radius 1 is 1.14 bits per heavy atom. The van der Waals surface area contributed by atoms with E-state index >= 15 is 0 Å². The van der Waals surface area contributed by atoms with E-state index in [2.05, 4.69) is 5.32 Å². The van der Waals surface area contributed by atoms with Crippen LogP contribution in [0.15, 0.2) is 48.7 Å². The van der Waals surface area contributed by atoms with Crippen molar-refractivity contribution in [1.82, 2.24) is 0 Å². The van der Waals surface area contributed by atoms with Gasteiger partial charge >= 0.3 is 0 Å². The average molecular weight is 299 g/mol. The molecule has 2 aromatic rings. The second-order valence-corrected chi connectivity index (χ2v) is 4.99. The lowest BCUT2D eigenvalue weighted by atomic mass is 10.0. The van der Waals surface area contributed by atoms with Crippen molar-refractivity contribution in [2.75, 3.05) is 12.4 Å². The van der Waals surface area contributed by atoms with Crippen LogP contribution in [0.5, 0.6) is 5.75 Å². The molecule has 0 bridgehead atoms. The summed E-state index contributed by atoms with van der Waals surface area (Å²) in [6.45, 7) is 3.97. The van der Waals surface area contributed by atoms with E-state index in [0.717, 1.165) is 11.1 Å². The number of anilines is 1. The molecular weight excluding hydrogens is 281 g/mol. The van der Waals surface area contributed by atoms with Crippen LogP contribution in [0.3, 0.4) is 0 Å². The zero-order chi connectivity index (χ0) is 16.1. The van der Waals surface area contributed by atoms with Crippen LogP contribution in [-0.4, -0.2) is 12.9 Å². The van der Waals surface area contributed by atoms with Gasteiger partial charge < -0.3 is 10.1 Å². The van der Waals surface area contributed by atoms with Crippen molar-refractivity contribution < 1.29 is 13.9 Å². The number of carbonyl (C=O) groups excluding carboxylic acids is 1. The zero-order valence-electron chi connectivity index (χ0n) is 12.8. The molecule has 114 valence electrons. The van der Waals surface area contributed by atoms with Gasteiger partial charge in [-0.2, -0.15) is 0 Å². The van der Waals surface area contributed by atoms with Crippen LogP contribution in [0.1, 0.15) is 21.5 Å². The van der Waals surface area contributed by atoms with Crippen molar-refractivity contribution in [3.05, 3.63) is 71.2 Å². The van der Waals surface area contributed by atoms with Crippen molar-refractivity contribution >= 4 is 11.5 Å². The van der Waals surface area contributed by atoms with Gasteiger partial charge in [-0.05, 0) is 43.2 Å². The molecule has 0 unspecified atom stereocenters. The van der Waals surface area contributed by atoms with Crippen molar-refractivity contribution in [1.29, 1.82) is 0 Å². The predicted octanol–water partition coefficient (Wildman–Crippen LogP) is 4.26. The SMILES string of the molecule is COc1ccc(NC=CC(=O)c2ccc(C)c(C)c2)cc1F. The van der Waals surface area contributed by atoms with Crippen molar-refractivity contribution in [2.24, 2.45) is 0 Å². The molecule has 0 radical (unpaired) electrons. The van der Waals surface area contributed by atoms with Gasteiger partial charge in [0.2, 0.25) is 0 Å². The third-order valence-corrected chi connectivity index (χ3v) is 3.43. The number of hydrogen-bond donors (Lipinski definition) is 1. The van der Waals surface area contributed by atoms with Crippen LogP contribution in [0.25, 0.3) is 0 Å². The van der Waals surface area contributed by atoms with E-state index in [9.17, 15) is 9.18 Å². The third kappa shape index (κ3) is 3.73. The Morgan fingerprint density at radius 2 is 1.91 bits per heavy atom. The molecule has 0 saturated carbocycles. The van der Waals surface area contributed by atoms with E-state index in [1.165, 1.54) is 31.5 Å². The minimum absolute atomic E-state index is 0.107. The first-order valence-electron chi connectivity index (χ1n) is 6.89. The summed E-state index contributed by atoms with van der Waals surface area (Å²) in [5.74, 6) is -0.383. The Labute approximate surface area is 129 Å². The Morgan fingerprint density at radius 3 is 2.55 bits per heavy atom. The standard InChI is InChI=1S/C18H18FNO2/c1-12-4-5-14(10-13(12)2)17(21)8-9-20-15-6-7-18(22-3)16(19)11-15/h4-11,20H,1-3H3. The van der Waals surface area contributed by atoms with E-state index in [4.69, 9.17) is 4.74 Å². The van der Waals surface area contributed by atoms with Crippen LogP contribution < -0.4 is 10.1 Å². The summed E-state index contributed by atoms with van der Waals surface area (Å²) in [6, 6.07) is 10.1. The maximum atomic E-state index is 13.5. The molecule has 0 aromatic heterocycles. The number of allylic oxidation sites excluding steroid dienone is 1. The Bertz CT molecular complexity index is 723. The maximum Gasteiger partial charge on any atom is 0.187 e. The maximum absolute atomic E-state index is 13.5. The monoisotopic (exact) mass is 299 g/mol. The highest BCUT2D eigenvalue weighted by Crippen LogP contribution is 2.20. The van der Waals surface area contributed by atoms with Gasteiger partial charge in [0.15, 0.2) is 17.3 Å². The van der Waals surface area contributed by atoms with Crippen LogP contribution in [0.2, 0.25) is 0 Å². The topological polar surface area (TPSA) is 38.3 Å². The fourth-order valence-corrected chi connectivity index (χ4v) is 1.96. The molecule has 22 heavy (non-hydrogen) atoms. The van der Waals surface area contributed by atoms with Gasteiger partial charge in [0, 0.05) is 29.6 Å². The molecule has 0 amide bonds. The van der Waals surface area contributed by atoms with Gasteiger partial charge in [-0.1, -0.05) is 12.1 Å². The number of rotatable bonds is 5. The van der Waals surface area contributed by atoms with Crippen LogP contribution in [0, 0.1) is 19.7 Å². The Balaban J connectivity index is 2.04. The molecule has 0 aliphatic carbocycles. The summed E-state index contributed by atoms with van der Waals surface area (Å²) >= 11 is 0. The largest absolute Gasteiger partial charge is 0.494 e. The number of halogens is 1. The third-order valence-electron chi connectivity index (χ3n) is 3.43. The van der Waals surface area contributed by atoms with Gasteiger partial charge in [-0.25, -0.2) is 4.39 Å². The van der Waals surface area contributed by atoms with Gasteiger partial charge in [-0.15, -0.1) is 0 Å². The fraction of sp³-hybridized carbons (Fsp3) is 0.167. The molecule has 0 spiro atoms. The van der Waals surface area contributed by atoms with Crippen molar-refractivity contribution in [3.63, 3.8) is 0 Å². The molecule has 3 nitrogen and oxygen atoms in total. The van der Waals surface area contributed by atoms with Crippen LogP contribution in [-0.2, 0) is 0 Å². The van der Waals surface area contributed by atoms with Crippen LogP contribution >= 0.6 is 0 Å². The molecule has 1 N–H and O–H groups in total. The van der Waals surface area contributed by atoms with Gasteiger partial charge in [0.1, 0.15) is 0 Å². The number of ketones is 1. The lowest BCUT2D eigenvalue weighted by molar-refractivity contribution is 0.104. The quantitative estimate of drug-likeness (QED) is 0.662. The lowest BCUT2D eigenvalue weighted by Gasteiger charge is -2.05. The number of nitrogens with one attached hydrogen (secondary N) is 1. The summed E-state index contributed by atoms with van der Waals surface area (Å²) in [4.78, 5) is 12.0. The van der Waals surface area contributed by atoms with Gasteiger partial charge in [0.05, 0.1) is 7.11 Å². The number of methoxy groups -OCH3 is 1. The summed E-state index contributed by atoms with van der Waals surface area (Å²) in [7, 11) is 1.41. The molecule has 2 rings (SSSR count). The molecule has 0 saturated heterocycles. The highest BCUT2D eigenvalue weighted by atomic mass is 19.1. The highest BCUT2D eigenvalue weighted by molar-refractivity contribution is 6.04. The number of hydrogen-bond acceptors (Lipinski definition) is 3. The van der Waals surface area contributed by atoms with E-state index in [1.807, 2.05) is 26.0 Å². The molecule has 0 fully saturated rings. The van der Waals surface area contributed by atoms with E-state index in [0.29, 0.717) is 11.3 Å². The highest BCUT2D eigenvalue weighted by Gasteiger charge is 2.04. The first kappa shape index (κ1) is 15.8. The van der Waals surface area contributed by atoms with E-state index < -0.39 is 5.82 Å². The van der Waals surface area contributed by atoms with Gasteiger partial charge in [-0.3, -0.25) is 4.79 Å². The molecule has 0 atom stereocenters. The summed E-state index contributed by atoms with van der Waals surface area (Å²) < 4.78 is 18.4.